The molecule has 0 radical (unpaired) electrons. The summed E-state index contributed by atoms with van der Waals surface area (Å²) >= 11 is 5.89. The van der Waals surface area contributed by atoms with E-state index in [0.717, 1.165) is 12.0 Å². The maximum atomic E-state index is 12.4. The molecule has 0 saturated heterocycles. The van der Waals surface area contributed by atoms with Crippen LogP contribution in [0.4, 0.5) is 10.6 Å². The molecule has 0 aliphatic carbocycles. The summed E-state index contributed by atoms with van der Waals surface area (Å²) in [5, 5.41) is 6.37. The Hall–Kier alpha value is -2.34. The van der Waals surface area contributed by atoms with Crippen LogP contribution >= 0.6 is 11.6 Å². The molecule has 7 heteroatoms. The van der Waals surface area contributed by atoms with Gasteiger partial charge < -0.3 is 10.1 Å². The molecule has 0 aliphatic rings. The van der Waals surface area contributed by atoms with Gasteiger partial charge in [0.15, 0.2) is 5.82 Å². The maximum absolute atomic E-state index is 12.4. The third-order valence-corrected chi connectivity index (χ3v) is 3.86. The minimum atomic E-state index is -0.366. The number of hydrogen-bond acceptors (Lipinski definition) is 4. The van der Waals surface area contributed by atoms with Crippen LogP contribution in [0.5, 0.6) is 5.88 Å². The van der Waals surface area contributed by atoms with Gasteiger partial charge in [-0.2, -0.15) is 0 Å². The van der Waals surface area contributed by atoms with Crippen LogP contribution < -0.4 is 15.4 Å². The van der Waals surface area contributed by atoms with Crippen molar-refractivity contribution in [2.45, 2.75) is 53.2 Å². The zero-order valence-electron chi connectivity index (χ0n) is 16.5. The van der Waals surface area contributed by atoms with Crippen molar-refractivity contribution in [1.82, 2.24) is 15.3 Å². The normalized spacial score (nSPS) is 11.8. The number of hydrogen-bond donors (Lipinski definition) is 2. The minimum absolute atomic E-state index is 0.0934. The van der Waals surface area contributed by atoms with Gasteiger partial charge >= 0.3 is 6.03 Å². The molecule has 0 fully saturated rings. The second-order valence-electron chi connectivity index (χ2n) is 8.33. The Morgan fingerprint density at radius 2 is 1.70 bits per heavy atom. The summed E-state index contributed by atoms with van der Waals surface area (Å²) in [6, 6.07) is 6.98. The van der Waals surface area contributed by atoms with E-state index in [1.54, 1.807) is 12.1 Å². The molecule has 146 valence electrons. The predicted molar refractivity (Wildman–Crippen MR) is 108 cm³/mol. The van der Waals surface area contributed by atoms with Gasteiger partial charge in [0, 0.05) is 23.0 Å². The van der Waals surface area contributed by atoms with Crippen molar-refractivity contribution in [3.05, 3.63) is 47.2 Å². The molecule has 0 saturated carbocycles. The van der Waals surface area contributed by atoms with Crippen LogP contribution in [0.1, 0.15) is 46.6 Å². The smallest absolute Gasteiger partial charge is 0.320 e. The van der Waals surface area contributed by atoms with Gasteiger partial charge in [-0.1, -0.05) is 44.5 Å². The number of halogens is 1. The quantitative estimate of drug-likeness (QED) is 0.723. The van der Waals surface area contributed by atoms with Gasteiger partial charge in [0.2, 0.25) is 0 Å². The van der Waals surface area contributed by atoms with E-state index in [4.69, 9.17) is 16.3 Å². The lowest BCUT2D eigenvalue weighted by Crippen LogP contribution is -2.47. The Bertz CT molecular complexity index is 770. The van der Waals surface area contributed by atoms with Crippen LogP contribution in [0.15, 0.2) is 36.7 Å². The molecule has 2 N–H and O–H groups in total. The highest BCUT2D eigenvalue weighted by Crippen LogP contribution is 2.27. The molecular formula is C20H27ClN4O2. The van der Waals surface area contributed by atoms with Gasteiger partial charge in [0.05, 0.1) is 0 Å². The number of ether oxygens (including phenoxy) is 1. The third kappa shape index (κ3) is 7.43. The van der Waals surface area contributed by atoms with Crippen LogP contribution in [0.25, 0.3) is 0 Å². The monoisotopic (exact) mass is 390 g/mol. The van der Waals surface area contributed by atoms with E-state index in [1.165, 1.54) is 12.4 Å². The lowest BCUT2D eigenvalue weighted by molar-refractivity contribution is 0.219. The molecule has 2 rings (SSSR count). The van der Waals surface area contributed by atoms with Gasteiger partial charge in [-0.05, 0) is 43.4 Å². The molecule has 0 unspecified atom stereocenters. The first-order valence-electron chi connectivity index (χ1n) is 8.81. The average Bonchev–Trinajstić information content (AvgIpc) is 2.52. The second kappa shape index (κ2) is 8.57. The maximum Gasteiger partial charge on any atom is 0.320 e. The number of aromatic nitrogens is 2. The Labute approximate surface area is 165 Å². The van der Waals surface area contributed by atoms with E-state index >= 15 is 0 Å². The van der Waals surface area contributed by atoms with Crippen molar-refractivity contribution in [1.29, 1.82) is 0 Å². The highest BCUT2D eigenvalue weighted by Gasteiger charge is 2.27. The van der Waals surface area contributed by atoms with Crippen LogP contribution in [-0.4, -0.2) is 21.5 Å². The fraction of sp³-hybridized carbons (Fsp3) is 0.450. The zero-order valence-corrected chi connectivity index (χ0v) is 17.2. The number of anilines is 1. The van der Waals surface area contributed by atoms with E-state index in [-0.39, 0.29) is 28.7 Å². The first-order chi connectivity index (χ1) is 12.5. The van der Waals surface area contributed by atoms with Crippen LogP contribution in [-0.2, 0) is 6.61 Å². The molecule has 0 aliphatic heterocycles. The number of rotatable bonds is 6. The van der Waals surface area contributed by atoms with Crippen LogP contribution in [0.2, 0.25) is 5.02 Å². The van der Waals surface area contributed by atoms with Crippen molar-refractivity contribution in [2.24, 2.45) is 5.41 Å². The number of urea groups is 1. The molecule has 0 atom stereocenters. The van der Waals surface area contributed by atoms with Gasteiger partial charge in [0.1, 0.15) is 6.61 Å². The topological polar surface area (TPSA) is 76.1 Å². The Balaban J connectivity index is 2.00. The first kappa shape index (κ1) is 21.0. The zero-order chi connectivity index (χ0) is 20.1. The molecule has 2 aromatic rings. The predicted octanol–water partition coefficient (Wildman–Crippen LogP) is 5.05. The van der Waals surface area contributed by atoms with E-state index in [2.05, 4.69) is 41.4 Å². The van der Waals surface area contributed by atoms with Gasteiger partial charge in [0.25, 0.3) is 5.88 Å². The summed E-state index contributed by atoms with van der Waals surface area (Å²) in [6.07, 6.45) is 3.85. The molecule has 1 aromatic heterocycles. The fourth-order valence-electron chi connectivity index (χ4n) is 3.07. The number of benzene rings is 1. The molecular weight excluding hydrogens is 364 g/mol. The number of nitrogens with zero attached hydrogens (tertiary/aromatic N) is 2. The minimum Gasteiger partial charge on any atom is -0.470 e. The molecule has 2 amide bonds. The van der Waals surface area contributed by atoms with E-state index in [1.807, 2.05) is 26.0 Å². The average molecular weight is 391 g/mol. The number of nitrogens with one attached hydrogen (secondary N) is 2. The van der Waals surface area contributed by atoms with Gasteiger partial charge in [-0.25, -0.2) is 14.8 Å². The number of carbonyl (C=O) groups excluding carboxylic acids is 1. The molecule has 0 bridgehead atoms. The summed E-state index contributed by atoms with van der Waals surface area (Å²) in [7, 11) is 0. The number of carbonyl (C=O) groups is 1. The van der Waals surface area contributed by atoms with Crippen molar-refractivity contribution in [2.75, 3.05) is 5.32 Å². The van der Waals surface area contributed by atoms with Crippen molar-refractivity contribution in [3.63, 3.8) is 0 Å². The van der Waals surface area contributed by atoms with Crippen molar-refractivity contribution < 1.29 is 9.53 Å². The Morgan fingerprint density at radius 1 is 1.07 bits per heavy atom. The van der Waals surface area contributed by atoms with Crippen molar-refractivity contribution >= 4 is 23.4 Å². The fourth-order valence-corrected chi connectivity index (χ4v) is 3.19. The van der Waals surface area contributed by atoms with Crippen LogP contribution in [0, 0.1) is 5.41 Å². The third-order valence-electron chi connectivity index (χ3n) is 3.61. The molecule has 27 heavy (non-hydrogen) atoms. The molecule has 1 aromatic carbocycles. The van der Waals surface area contributed by atoms with E-state index in [0.29, 0.717) is 11.6 Å². The summed E-state index contributed by atoms with van der Waals surface area (Å²) in [6.45, 7) is 10.7. The standard InChI is InChI=1S/C20H27ClN4O2/c1-19(2,3)13-20(4,5)25-18(26)24-16-17(23-11-10-22-16)27-12-14-6-8-15(21)9-7-14/h6-11H,12-13H2,1-5H3,(H2,22,24,25,26). The molecule has 1 heterocycles. The lowest BCUT2D eigenvalue weighted by atomic mass is 9.82. The summed E-state index contributed by atoms with van der Waals surface area (Å²) < 4.78 is 5.72. The summed E-state index contributed by atoms with van der Waals surface area (Å²) in [5.74, 6) is 0.534. The largest absolute Gasteiger partial charge is 0.470 e. The summed E-state index contributed by atoms with van der Waals surface area (Å²) in [5.41, 5.74) is 0.664. The SMILES string of the molecule is CC(C)(C)CC(C)(C)NC(=O)Nc1nccnc1OCc1ccc(Cl)cc1. The molecule has 6 nitrogen and oxygen atoms in total. The highest BCUT2D eigenvalue weighted by atomic mass is 35.5. The van der Waals surface area contributed by atoms with E-state index in [9.17, 15) is 4.79 Å². The van der Waals surface area contributed by atoms with Gasteiger partial charge in [-0.15, -0.1) is 0 Å². The van der Waals surface area contributed by atoms with Gasteiger partial charge in [-0.3, -0.25) is 5.32 Å². The Kier molecular flexibility index (Phi) is 6.65. The second-order valence-corrected chi connectivity index (χ2v) is 8.76. The number of amides is 2. The highest BCUT2D eigenvalue weighted by molar-refractivity contribution is 6.30. The summed E-state index contributed by atoms with van der Waals surface area (Å²) in [4.78, 5) is 20.8. The Morgan fingerprint density at radius 3 is 2.33 bits per heavy atom. The lowest BCUT2D eigenvalue weighted by Gasteiger charge is -2.33. The van der Waals surface area contributed by atoms with E-state index < -0.39 is 0 Å². The van der Waals surface area contributed by atoms with Crippen molar-refractivity contribution in [3.8, 4) is 5.88 Å². The first-order valence-corrected chi connectivity index (χ1v) is 9.19. The molecule has 0 spiro atoms. The van der Waals surface area contributed by atoms with Crippen LogP contribution in [0.3, 0.4) is 0 Å².